The Kier molecular flexibility index (Phi) is 5.27. The lowest BCUT2D eigenvalue weighted by atomic mass is 9.98. The van der Waals surface area contributed by atoms with Crippen molar-refractivity contribution in [2.75, 3.05) is 13.2 Å². The topological polar surface area (TPSA) is 73.6 Å². The van der Waals surface area contributed by atoms with Crippen molar-refractivity contribution in [3.63, 3.8) is 0 Å². The Labute approximate surface area is 141 Å². The number of benzene rings is 1. The van der Waals surface area contributed by atoms with Crippen LogP contribution in [0.4, 0.5) is 0 Å². The molecule has 2 heterocycles. The number of ether oxygens (including phenoxy) is 2. The molecule has 0 spiro atoms. The van der Waals surface area contributed by atoms with Gasteiger partial charge in [-0.3, -0.25) is 4.79 Å². The van der Waals surface area contributed by atoms with Crippen LogP contribution < -0.4 is 10.1 Å². The summed E-state index contributed by atoms with van der Waals surface area (Å²) in [6.45, 7) is 5.48. The number of aryl methyl sites for hydroxylation is 1. The maximum Gasteiger partial charge on any atom is 0.308 e. The number of hydrogen-bond acceptors (Lipinski definition) is 6. The van der Waals surface area contributed by atoms with E-state index >= 15 is 0 Å². The third-order valence-electron chi connectivity index (χ3n) is 4.09. The van der Waals surface area contributed by atoms with E-state index in [1.54, 1.807) is 12.1 Å². The van der Waals surface area contributed by atoms with Crippen molar-refractivity contribution in [1.82, 2.24) is 10.5 Å². The summed E-state index contributed by atoms with van der Waals surface area (Å²) in [6, 6.07) is 9.77. The molecule has 1 aromatic heterocycles. The van der Waals surface area contributed by atoms with Crippen molar-refractivity contribution in [3.8, 4) is 5.75 Å². The highest BCUT2D eigenvalue weighted by Gasteiger charge is 2.29. The number of nitrogens with zero attached hydrogens (tertiary/aromatic N) is 1. The predicted molar refractivity (Wildman–Crippen MR) is 87.6 cm³/mol. The molecule has 128 valence electrons. The van der Waals surface area contributed by atoms with Crippen LogP contribution in [-0.2, 0) is 22.5 Å². The minimum Gasteiger partial charge on any atom is -0.427 e. The Morgan fingerprint density at radius 2 is 2.12 bits per heavy atom. The van der Waals surface area contributed by atoms with E-state index in [2.05, 4.69) is 10.5 Å². The first-order chi connectivity index (χ1) is 11.6. The fraction of sp³-hybridized carbons (Fsp3) is 0.444. The lowest BCUT2D eigenvalue weighted by Crippen LogP contribution is -2.36. The monoisotopic (exact) mass is 330 g/mol. The average Bonchev–Trinajstić information content (AvgIpc) is 3.15. The standard InChI is InChI=1S/C18H22N2O4/c1-12-7-17(24-20-12)8-15-10-22-11-18(15)19-9-14-3-5-16(6-4-14)23-13(2)21/h3-7,15,18-19H,8-11H2,1-2H3/t15-,18-/m1/s1. The number of esters is 1. The van der Waals surface area contributed by atoms with Crippen molar-refractivity contribution >= 4 is 5.97 Å². The second kappa shape index (κ2) is 7.59. The van der Waals surface area contributed by atoms with Gasteiger partial charge in [-0.05, 0) is 24.6 Å². The maximum atomic E-state index is 10.9. The summed E-state index contributed by atoms with van der Waals surface area (Å²) in [6.07, 6.45) is 0.823. The van der Waals surface area contributed by atoms with E-state index in [9.17, 15) is 4.79 Å². The molecule has 1 aliphatic heterocycles. The number of aromatic nitrogens is 1. The van der Waals surface area contributed by atoms with Gasteiger partial charge < -0.3 is 19.3 Å². The molecule has 1 aromatic carbocycles. The number of carbonyl (C=O) groups excluding carboxylic acids is 1. The summed E-state index contributed by atoms with van der Waals surface area (Å²) >= 11 is 0. The molecule has 1 saturated heterocycles. The molecule has 6 nitrogen and oxygen atoms in total. The van der Waals surface area contributed by atoms with Crippen LogP contribution in [0.2, 0.25) is 0 Å². The zero-order chi connectivity index (χ0) is 16.9. The van der Waals surface area contributed by atoms with Gasteiger partial charge >= 0.3 is 5.97 Å². The van der Waals surface area contributed by atoms with E-state index in [4.69, 9.17) is 14.0 Å². The number of hydrogen-bond donors (Lipinski definition) is 1. The summed E-state index contributed by atoms with van der Waals surface area (Å²) < 4.78 is 16.0. The Bertz CT molecular complexity index is 681. The van der Waals surface area contributed by atoms with Gasteiger partial charge in [0.1, 0.15) is 11.5 Å². The molecule has 0 amide bonds. The van der Waals surface area contributed by atoms with Crippen LogP contribution in [0.15, 0.2) is 34.9 Å². The van der Waals surface area contributed by atoms with Crippen LogP contribution in [0, 0.1) is 12.8 Å². The Hall–Kier alpha value is -2.18. The molecular weight excluding hydrogens is 308 g/mol. The zero-order valence-corrected chi connectivity index (χ0v) is 14.0. The summed E-state index contributed by atoms with van der Waals surface area (Å²) in [4.78, 5) is 10.9. The fourth-order valence-corrected chi connectivity index (χ4v) is 2.89. The molecule has 2 atom stereocenters. The second-order valence-electron chi connectivity index (χ2n) is 6.16. The Morgan fingerprint density at radius 1 is 1.33 bits per heavy atom. The second-order valence-corrected chi connectivity index (χ2v) is 6.16. The van der Waals surface area contributed by atoms with Crippen molar-refractivity contribution < 1.29 is 18.8 Å². The van der Waals surface area contributed by atoms with E-state index in [-0.39, 0.29) is 12.0 Å². The first-order valence-corrected chi connectivity index (χ1v) is 8.11. The van der Waals surface area contributed by atoms with Gasteiger partial charge in [0.15, 0.2) is 0 Å². The molecule has 1 N–H and O–H groups in total. The van der Waals surface area contributed by atoms with Crippen molar-refractivity contribution in [3.05, 3.63) is 47.3 Å². The Balaban J connectivity index is 1.52. The fourth-order valence-electron chi connectivity index (χ4n) is 2.89. The smallest absolute Gasteiger partial charge is 0.308 e. The van der Waals surface area contributed by atoms with Gasteiger partial charge in [-0.25, -0.2) is 0 Å². The molecule has 0 unspecified atom stereocenters. The van der Waals surface area contributed by atoms with E-state index in [1.165, 1.54) is 6.92 Å². The number of rotatable bonds is 6. The minimum absolute atomic E-state index is 0.281. The first-order valence-electron chi connectivity index (χ1n) is 8.11. The van der Waals surface area contributed by atoms with E-state index in [0.717, 1.165) is 36.6 Å². The molecule has 6 heteroatoms. The highest BCUT2D eigenvalue weighted by Crippen LogP contribution is 2.20. The molecule has 2 aromatic rings. The van der Waals surface area contributed by atoms with Crippen molar-refractivity contribution in [2.24, 2.45) is 5.92 Å². The maximum absolute atomic E-state index is 10.9. The molecular formula is C18H22N2O4. The molecule has 0 saturated carbocycles. The summed E-state index contributed by atoms with van der Waals surface area (Å²) in [7, 11) is 0. The molecule has 24 heavy (non-hydrogen) atoms. The average molecular weight is 330 g/mol. The van der Waals surface area contributed by atoms with Crippen LogP contribution in [0.25, 0.3) is 0 Å². The highest BCUT2D eigenvalue weighted by molar-refractivity contribution is 5.69. The predicted octanol–water partition coefficient (Wildman–Crippen LogP) is 2.26. The third-order valence-corrected chi connectivity index (χ3v) is 4.09. The lowest BCUT2D eigenvalue weighted by Gasteiger charge is -2.18. The van der Waals surface area contributed by atoms with Crippen LogP contribution in [0.1, 0.15) is 23.9 Å². The van der Waals surface area contributed by atoms with Gasteiger partial charge in [0, 0.05) is 37.9 Å². The number of nitrogens with one attached hydrogen (secondary N) is 1. The molecule has 0 aliphatic carbocycles. The third kappa shape index (κ3) is 4.43. The summed E-state index contributed by atoms with van der Waals surface area (Å²) in [5.74, 6) is 1.53. The summed E-state index contributed by atoms with van der Waals surface area (Å²) in [5, 5.41) is 7.47. The van der Waals surface area contributed by atoms with Crippen molar-refractivity contribution in [1.29, 1.82) is 0 Å². The van der Waals surface area contributed by atoms with Crippen LogP contribution in [-0.4, -0.2) is 30.4 Å². The van der Waals surface area contributed by atoms with E-state index in [0.29, 0.717) is 18.3 Å². The van der Waals surface area contributed by atoms with E-state index in [1.807, 2.05) is 25.1 Å². The van der Waals surface area contributed by atoms with Gasteiger partial charge in [-0.2, -0.15) is 0 Å². The quantitative estimate of drug-likeness (QED) is 0.647. The molecule has 3 rings (SSSR count). The normalized spacial score (nSPS) is 20.2. The largest absolute Gasteiger partial charge is 0.427 e. The number of carbonyl (C=O) groups is 1. The van der Waals surface area contributed by atoms with Gasteiger partial charge in [0.25, 0.3) is 0 Å². The molecule has 1 aliphatic rings. The van der Waals surface area contributed by atoms with Gasteiger partial charge in [0.2, 0.25) is 0 Å². The lowest BCUT2D eigenvalue weighted by molar-refractivity contribution is -0.131. The van der Waals surface area contributed by atoms with Gasteiger partial charge in [0.05, 0.1) is 18.9 Å². The van der Waals surface area contributed by atoms with Gasteiger partial charge in [-0.15, -0.1) is 0 Å². The van der Waals surface area contributed by atoms with Crippen molar-refractivity contribution in [2.45, 2.75) is 32.9 Å². The zero-order valence-electron chi connectivity index (χ0n) is 14.0. The van der Waals surface area contributed by atoms with E-state index < -0.39 is 0 Å². The van der Waals surface area contributed by atoms with Gasteiger partial charge in [-0.1, -0.05) is 17.3 Å². The highest BCUT2D eigenvalue weighted by atomic mass is 16.5. The van der Waals surface area contributed by atoms with Crippen LogP contribution >= 0.6 is 0 Å². The molecule has 1 fully saturated rings. The summed E-state index contributed by atoms with van der Waals surface area (Å²) in [5.41, 5.74) is 2.04. The molecule has 0 radical (unpaired) electrons. The van der Waals surface area contributed by atoms with Crippen LogP contribution in [0.5, 0.6) is 5.75 Å². The Morgan fingerprint density at radius 3 is 2.79 bits per heavy atom. The first kappa shape index (κ1) is 16.7. The SMILES string of the molecule is CC(=O)Oc1ccc(CN[C@@H]2COC[C@H]2Cc2cc(C)no2)cc1. The van der Waals surface area contributed by atoms with Crippen LogP contribution in [0.3, 0.4) is 0 Å². The molecule has 0 bridgehead atoms. The minimum atomic E-state index is -0.311.